The molecule has 0 bridgehead atoms. The molecule has 0 aromatic carbocycles. The minimum atomic E-state index is -0.940. The van der Waals surface area contributed by atoms with Crippen LogP contribution in [0.5, 0.6) is 0 Å². The number of aromatic carboxylic acids is 1. The zero-order chi connectivity index (χ0) is 13.4. The smallest absolute Gasteiger partial charge is 0.335 e. The molecule has 0 saturated carbocycles. The molecular weight excluding hydrogens is 244 g/mol. The van der Waals surface area contributed by atoms with Crippen LogP contribution in [-0.2, 0) is 6.42 Å². The van der Waals surface area contributed by atoms with Crippen LogP contribution in [0.2, 0.25) is 0 Å². The molecular formula is C13H16N4O2. The summed E-state index contributed by atoms with van der Waals surface area (Å²) < 4.78 is 1.88. The van der Waals surface area contributed by atoms with Crippen LogP contribution in [-0.4, -0.2) is 50.7 Å². The molecule has 19 heavy (non-hydrogen) atoms. The van der Waals surface area contributed by atoms with Gasteiger partial charge in [-0.1, -0.05) is 0 Å². The number of fused-ring (bicyclic) bond motifs is 1. The monoisotopic (exact) mass is 260 g/mol. The van der Waals surface area contributed by atoms with Gasteiger partial charge < -0.3 is 10.0 Å². The highest BCUT2D eigenvalue weighted by atomic mass is 16.4. The van der Waals surface area contributed by atoms with Crippen LogP contribution in [0.4, 0.5) is 0 Å². The van der Waals surface area contributed by atoms with E-state index in [4.69, 9.17) is 5.11 Å². The summed E-state index contributed by atoms with van der Waals surface area (Å²) in [6.45, 7) is 2.21. The predicted molar refractivity (Wildman–Crippen MR) is 69.3 cm³/mol. The van der Waals surface area contributed by atoms with E-state index in [0.29, 0.717) is 11.6 Å². The normalized spacial score (nSPS) is 20.2. The van der Waals surface area contributed by atoms with E-state index >= 15 is 0 Å². The first-order valence-electron chi connectivity index (χ1n) is 6.39. The van der Waals surface area contributed by atoms with Gasteiger partial charge >= 0.3 is 5.97 Å². The molecule has 100 valence electrons. The van der Waals surface area contributed by atoms with Crippen molar-refractivity contribution in [1.82, 2.24) is 19.5 Å². The second-order valence-corrected chi connectivity index (χ2v) is 5.19. The summed E-state index contributed by atoms with van der Waals surface area (Å²) in [7, 11) is 2.13. The lowest BCUT2D eigenvalue weighted by molar-refractivity contribution is 0.0697. The van der Waals surface area contributed by atoms with Gasteiger partial charge in [-0.05, 0) is 38.1 Å². The minimum absolute atomic E-state index is 0.243. The molecule has 0 aliphatic carbocycles. The zero-order valence-electron chi connectivity index (χ0n) is 10.8. The Bertz CT molecular complexity index is 622. The van der Waals surface area contributed by atoms with Crippen LogP contribution in [0.25, 0.3) is 5.65 Å². The third-order valence-corrected chi connectivity index (χ3v) is 3.69. The van der Waals surface area contributed by atoms with Crippen LogP contribution in [0.3, 0.4) is 0 Å². The maximum Gasteiger partial charge on any atom is 0.335 e. The Morgan fingerprint density at radius 2 is 2.37 bits per heavy atom. The highest BCUT2D eigenvalue weighted by molar-refractivity contribution is 5.88. The van der Waals surface area contributed by atoms with E-state index < -0.39 is 5.97 Å². The average Bonchev–Trinajstić information content (AvgIpc) is 2.96. The van der Waals surface area contributed by atoms with Crippen molar-refractivity contribution in [2.45, 2.75) is 12.8 Å². The lowest BCUT2D eigenvalue weighted by Gasteiger charge is -2.08. The summed E-state index contributed by atoms with van der Waals surface area (Å²) >= 11 is 0. The summed E-state index contributed by atoms with van der Waals surface area (Å²) in [5, 5.41) is 17.2. The summed E-state index contributed by atoms with van der Waals surface area (Å²) in [5.74, 6) is 0.577. The van der Waals surface area contributed by atoms with Crippen LogP contribution in [0.15, 0.2) is 18.3 Å². The van der Waals surface area contributed by atoms with E-state index in [9.17, 15) is 4.79 Å². The third kappa shape index (κ3) is 2.31. The van der Waals surface area contributed by atoms with Crippen LogP contribution in [0.1, 0.15) is 22.6 Å². The number of carboxylic acid groups (broad SMARTS) is 1. The van der Waals surface area contributed by atoms with E-state index in [1.165, 1.54) is 6.42 Å². The molecule has 3 rings (SSSR count). The molecule has 0 radical (unpaired) electrons. The Morgan fingerprint density at radius 3 is 3.05 bits per heavy atom. The van der Waals surface area contributed by atoms with Crippen molar-refractivity contribution in [1.29, 1.82) is 0 Å². The Hall–Kier alpha value is -1.95. The fourth-order valence-electron chi connectivity index (χ4n) is 2.66. The summed E-state index contributed by atoms with van der Waals surface area (Å²) in [6, 6.07) is 3.14. The first-order valence-corrected chi connectivity index (χ1v) is 6.39. The number of likely N-dealkylation sites (tertiary alicyclic amines) is 1. The second-order valence-electron chi connectivity index (χ2n) is 5.19. The molecule has 1 aliphatic heterocycles. The minimum Gasteiger partial charge on any atom is -0.478 e. The molecule has 1 fully saturated rings. The fraction of sp³-hybridized carbons (Fsp3) is 0.462. The second kappa shape index (κ2) is 4.62. The topological polar surface area (TPSA) is 70.7 Å². The SMILES string of the molecule is CN1CCC(Cc2nnc3cc(C(=O)O)ccn23)C1. The van der Waals surface area contributed by atoms with Gasteiger partial charge in [-0.25, -0.2) is 4.79 Å². The van der Waals surface area contributed by atoms with Gasteiger partial charge in [0.15, 0.2) is 5.65 Å². The van der Waals surface area contributed by atoms with Gasteiger partial charge in [0.2, 0.25) is 0 Å². The number of carboxylic acids is 1. The first-order chi connectivity index (χ1) is 9.13. The summed E-state index contributed by atoms with van der Waals surface area (Å²) in [4.78, 5) is 13.2. The maximum absolute atomic E-state index is 10.9. The van der Waals surface area contributed by atoms with Crippen LogP contribution >= 0.6 is 0 Å². The highest BCUT2D eigenvalue weighted by Gasteiger charge is 2.21. The molecule has 3 heterocycles. The van der Waals surface area contributed by atoms with Gasteiger partial charge in [0.25, 0.3) is 0 Å². The molecule has 6 heteroatoms. The Balaban J connectivity index is 1.86. The molecule has 2 aromatic heterocycles. The molecule has 1 unspecified atom stereocenters. The van der Waals surface area contributed by atoms with Gasteiger partial charge in [-0.15, -0.1) is 10.2 Å². The Labute approximate surface area is 110 Å². The summed E-state index contributed by atoms with van der Waals surface area (Å²) in [6.07, 6.45) is 3.81. The van der Waals surface area contributed by atoms with E-state index in [2.05, 4.69) is 22.1 Å². The van der Waals surface area contributed by atoms with Crippen molar-refractivity contribution in [2.75, 3.05) is 20.1 Å². The lowest BCUT2D eigenvalue weighted by atomic mass is 10.0. The van der Waals surface area contributed by atoms with Crippen molar-refractivity contribution in [2.24, 2.45) is 5.92 Å². The van der Waals surface area contributed by atoms with Gasteiger partial charge in [0, 0.05) is 19.2 Å². The molecule has 0 spiro atoms. The molecule has 1 saturated heterocycles. The molecule has 1 N–H and O–H groups in total. The maximum atomic E-state index is 10.9. The fourth-order valence-corrected chi connectivity index (χ4v) is 2.66. The number of hydrogen-bond donors (Lipinski definition) is 1. The third-order valence-electron chi connectivity index (χ3n) is 3.69. The summed E-state index contributed by atoms with van der Waals surface area (Å²) in [5.41, 5.74) is 0.841. The molecule has 1 aliphatic rings. The quantitative estimate of drug-likeness (QED) is 0.888. The number of nitrogens with zero attached hydrogens (tertiary/aromatic N) is 4. The van der Waals surface area contributed by atoms with Crippen molar-refractivity contribution in [3.05, 3.63) is 29.7 Å². The number of aromatic nitrogens is 3. The number of rotatable bonds is 3. The van der Waals surface area contributed by atoms with Crippen molar-refractivity contribution in [3.8, 4) is 0 Å². The molecule has 2 aromatic rings. The van der Waals surface area contributed by atoms with Crippen LogP contribution < -0.4 is 0 Å². The molecule has 0 amide bonds. The molecule has 6 nitrogen and oxygen atoms in total. The van der Waals surface area contributed by atoms with Crippen molar-refractivity contribution in [3.63, 3.8) is 0 Å². The standard InChI is InChI=1S/C13H16N4O2/c1-16-4-2-9(8-16)6-11-14-15-12-7-10(13(18)19)3-5-17(11)12/h3,5,7,9H,2,4,6,8H2,1H3,(H,18,19). The Kier molecular flexibility index (Phi) is 2.94. The van der Waals surface area contributed by atoms with E-state index in [1.807, 2.05) is 4.40 Å². The van der Waals surface area contributed by atoms with Crippen molar-refractivity contribution < 1.29 is 9.90 Å². The van der Waals surface area contributed by atoms with Gasteiger partial charge in [0.1, 0.15) is 5.82 Å². The highest BCUT2D eigenvalue weighted by Crippen LogP contribution is 2.19. The van der Waals surface area contributed by atoms with Crippen molar-refractivity contribution >= 4 is 11.6 Å². The average molecular weight is 260 g/mol. The predicted octanol–water partition coefficient (Wildman–Crippen LogP) is 0.922. The van der Waals surface area contributed by atoms with E-state index in [1.54, 1.807) is 18.3 Å². The Morgan fingerprint density at radius 1 is 1.53 bits per heavy atom. The van der Waals surface area contributed by atoms with E-state index in [-0.39, 0.29) is 5.56 Å². The largest absolute Gasteiger partial charge is 0.478 e. The number of pyridine rings is 1. The molecule has 1 atom stereocenters. The van der Waals surface area contributed by atoms with Gasteiger partial charge in [-0.3, -0.25) is 4.40 Å². The van der Waals surface area contributed by atoms with Crippen LogP contribution in [0, 0.1) is 5.92 Å². The number of carbonyl (C=O) groups is 1. The zero-order valence-corrected chi connectivity index (χ0v) is 10.8. The first kappa shape index (κ1) is 12.1. The van der Waals surface area contributed by atoms with E-state index in [0.717, 1.165) is 25.3 Å². The number of hydrogen-bond acceptors (Lipinski definition) is 4. The lowest BCUT2D eigenvalue weighted by Crippen LogP contribution is -2.15. The van der Waals surface area contributed by atoms with Gasteiger partial charge in [-0.2, -0.15) is 0 Å². The van der Waals surface area contributed by atoms with Gasteiger partial charge in [0.05, 0.1) is 5.56 Å².